The Kier molecular flexibility index (Phi) is 5.64. The summed E-state index contributed by atoms with van der Waals surface area (Å²) in [6, 6.07) is 0. The van der Waals surface area contributed by atoms with E-state index in [9.17, 15) is 18.0 Å². The van der Waals surface area contributed by atoms with Gasteiger partial charge in [0.15, 0.2) is 0 Å². The van der Waals surface area contributed by atoms with Crippen LogP contribution >= 0.6 is 0 Å². The van der Waals surface area contributed by atoms with Crippen molar-refractivity contribution in [3.63, 3.8) is 0 Å². The monoisotopic (exact) mass is 228 g/mol. The van der Waals surface area contributed by atoms with E-state index in [0.29, 0.717) is 0 Å². The smallest absolute Gasteiger partial charge is 0.425 e. The molecule has 0 aromatic carbocycles. The van der Waals surface area contributed by atoms with Gasteiger partial charge in [-0.2, -0.15) is 13.2 Å². The van der Waals surface area contributed by atoms with Crippen molar-refractivity contribution >= 4 is 5.97 Å². The molecule has 0 aromatic rings. The predicted octanol–water partition coefficient (Wildman–Crippen LogP) is 2.15. The van der Waals surface area contributed by atoms with E-state index in [1.165, 1.54) is 0 Å². The molecule has 0 aliphatic carbocycles. The molecule has 0 aliphatic heterocycles. The first-order chi connectivity index (χ1) is 6.82. The first-order valence-electron chi connectivity index (χ1n) is 4.59. The maximum Gasteiger partial charge on any atom is 0.425 e. The molecule has 0 N–H and O–H groups in total. The number of rotatable bonds is 5. The molecule has 0 saturated heterocycles. The highest BCUT2D eigenvalue weighted by atomic mass is 19.4. The van der Waals surface area contributed by atoms with Crippen molar-refractivity contribution in [3.8, 4) is 0 Å². The van der Waals surface area contributed by atoms with Crippen molar-refractivity contribution in [1.29, 1.82) is 0 Å². The Bertz CT molecular complexity index is 203. The Labute approximate surface area is 86.5 Å². The van der Waals surface area contributed by atoms with Crippen LogP contribution in [0.5, 0.6) is 0 Å². The zero-order valence-corrected chi connectivity index (χ0v) is 8.93. The molecule has 90 valence electrons. The number of alkyl halides is 3. The fourth-order valence-corrected chi connectivity index (χ4v) is 0.781. The molecule has 3 nitrogen and oxygen atoms in total. The van der Waals surface area contributed by atoms with Crippen LogP contribution in [-0.2, 0) is 14.3 Å². The standard InChI is InChI=1S/C9H15F3O3/c1-4-6(2)5-15-8(13)7(14-3)9(10,11)12/h6-7H,4-5H2,1-3H3. The zero-order chi connectivity index (χ0) is 12.1. The van der Waals surface area contributed by atoms with Crippen LogP contribution in [-0.4, -0.2) is 32.0 Å². The van der Waals surface area contributed by atoms with Crippen LogP contribution in [0.15, 0.2) is 0 Å². The topological polar surface area (TPSA) is 35.5 Å². The highest BCUT2D eigenvalue weighted by molar-refractivity contribution is 5.75. The average molecular weight is 228 g/mol. The summed E-state index contributed by atoms with van der Waals surface area (Å²) >= 11 is 0. The van der Waals surface area contributed by atoms with Crippen molar-refractivity contribution in [2.75, 3.05) is 13.7 Å². The van der Waals surface area contributed by atoms with E-state index < -0.39 is 18.2 Å². The van der Waals surface area contributed by atoms with E-state index in [1.807, 2.05) is 6.92 Å². The summed E-state index contributed by atoms with van der Waals surface area (Å²) < 4.78 is 45.0. The van der Waals surface area contributed by atoms with Crippen LogP contribution in [0.1, 0.15) is 20.3 Å². The molecule has 2 atom stereocenters. The van der Waals surface area contributed by atoms with Gasteiger partial charge in [-0.05, 0) is 5.92 Å². The van der Waals surface area contributed by atoms with Gasteiger partial charge in [-0.25, -0.2) is 4.79 Å². The lowest BCUT2D eigenvalue weighted by molar-refractivity contribution is -0.224. The summed E-state index contributed by atoms with van der Waals surface area (Å²) in [5.74, 6) is -1.34. The molecular weight excluding hydrogens is 213 g/mol. The molecular formula is C9H15F3O3. The second kappa shape index (κ2) is 5.95. The number of hydrogen-bond donors (Lipinski definition) is 0. The fourth-order valence-electron chi connectivity index (χ4n) is 0.781. The second-order valence-corrected chi connectivity index (χ2v) is 3.30. The zero-order valence-electron chi connectivity index (χ0n) is 8.93. The molecule has 0 aromatic heterocycles. The molecule has 0 heterocycles. The molecule has 0 fully saturated rings. The van der Waals surface area contributed by atoms with Gasteiger partial charge in [0.1, 0.15) is 0 Å². The summed E-state index contributed by atoms with van der Waals surface area (Å²) in [5.41, 5.74) is 0. The largest absolute Gasteiger partial charge is 0.463 e. The summed E-state index contributed by atoms with van der Waals surface area (Å²) in [7, 11) is 0.822. The van der Waals surface area contributed by atoms with Crippen molar-refractivity contribution in [1.82, 2.24) is 0 Å². The summed E-state index contributed by atoms with van der Waals surface area (Å²) in [6.07, 6.45) is -6.47. The number of halogens is 3. The predicted molar refractivity (Wildman–Crippen MR) is 47.3 cm³/mol. The van der Waals surface area contributed by atoms with Crippen molar-refractivity contribution in [3.05, 3.63) is 0 Å². The van der Waals surface area contributed by atoms with Crippen LogP contribution in [0.2, 0.25) is 0 Å². The van der Waals surface area contributed by atoms with E-state index >= 15 is 0 Å². The van der Waals surface area contributed by atoms with E-state index in [-0.39, 0.29) is 12.5 Å². The first kappa shape index (κ1) is 14.2. The van der Waals surface area contributed by atoms with Crippen molar-refractivity contribution in [2.45, 2.75) is 32.5 Å². The molecule has 15 heavy (non-hydrogen) atoms. The molecule has 0 bridgehead atoms. The number of methoxy groups -OCH3 is 1. The minimum Gasteiger partial charge on any atom is -0.463 e. The molecule has 0 radical (unpaired) electrons. The maximum absolute atomic E-state index is 12.2. The third-order valence-corrected chi connectivity index (χ3v) is 1.95. The number of esters is 1. The Morgan fingerprint density at radius 1 is 1.40 bits per heavy atom. The molecule has 2 unspecified atom stereocenters. The lowest BCUT2D eigenvalue weighted by atomic mass is 10.1. The van der Waals surface area contributed by atoms with Gasteiger partial charge in [-0.15, -0.1) is 0 Å². The number of carbonyl (C=O) groups is 1. The molecule has 0 spiro atoms. The van der Waals surface area contributed by atoms with Crippen LogP contribution in [0.4, 0.5) is 13.2 Å². The van der Waals surface area contributed by atoms with Gasteiger partial charge >= 0.3 is 12.1 Å². The van der Waals surface area contributed by atoms with E-state index in [2.05, 4.69) is 9.47 Å². The SMILES string of the molecule is CCC(C)COC(=O)C(OC)C(F)(F)F. The lowest BCUT2D eigenvalue weighted by Gasteiger charge is -2.18. The number of hydrogen-bond acceptors (Lipinski definition) is 3. The first-order valence-corrected chi connectivity index (χ1v) is 4.59. The molecule has 6 heteroatoms. The van der Waals surface area contributed by atoms with Crippen LogP contribution in [0.3, 0.4) is 0 Å². The molecule has 0 rings (SSSR count). The molecule has 0 saturated carbocycles. The van der Waals surface area contributed by atoms with Crippen LogP contribution < -0.4 is 0 Å². The van der Waals surface area contributed by atoms with Gasteiger partial charge in [0.05, 0.1) is 6.61 Å². The summed E-state index contributed by atoms with van der Waals surface area (Å²) in [6.45, 7) is 3.62. The van der Waals surface area contributed by atoms with Gasteiger partial charge in [0.25, 0.3) is 6.10 Å². The van der Waals surface area contributed by atoms with Crippen LogP contribution in [0.25, 0.3) is 0 Å². The van der Waals surface area contributed by atoms with E-state index in [1.54, 1.807) is 6.92 Å². The van der Waals surface area contributed by atoms with Gasteiger partial charge in [-0.3, -0.25) is 0 Å². The van der Waals surface area contributed by atoms with Gasteiger partial charge < -0.3 is 9.47 Å². The minimum absolute atomic E-state index is 0.0225. The Balaban J connectivity index is 4.18. The van der Waals surface area contributed by atoms with Crippen molar-refractivity contribution < 1.29 is 27.4 Å². The normalized spacial score (nSPS) is 15.9. The lowest BCUT2D eigenvalue weighted by Crippen LogP contribution is -2.40. The Morgan fingerprint density at radius 3 is 2.27 bits per heavy atom. The molecule has 0 amide bonds. The van der Waals surface area contributed by atoms with Gasteiger partial charge in [-0.1, -0.05) is 20.3 Å². The quantitative estimate of drug-likeness (QED) is 0.676. The van der Waals surface area contributed by atoms with E-state index in [0.717, 1.165) is 13.5 Å². The van der Waals surface area contributed by atoms with E-state index in [4.69, 9.17) is 0 Å². The Morgan fingerprint density at radius 2 is 1.93 bits per heavy atom. The maximum atomic E-state index is 12.2. The third-order valence-electron chi connectivity index (χ3n) is 1.95. The second-order valence-electron chi connectivity index (χ2n) is 3.30. The Hall–Kier alpha value is -0.780. The third kappa shape index (κ3) is 5.01. The summed E-state index contributed by atoms with van der Waals surface area (Å²) in [4.78, 5) is 11.0. The fraction of sp³-hybridized carbons (Fsp3) is 0.889. The highest BCUT2D eigenvalue weighted by Gasteiger charge is 2.46. The average Bonchev–Trinajstić information content (AvgIpc) is 2.12. The van der Waals surface area contributed by atoms with Gasteiger partial charge in [0, 0.05) is 7.11 Å². The highest BCUT2D eigenvalue weighted by Crippen LogP contribution is 2.23. The minimum atomic E-state index is -4.72. The number of carbonyl (C=O) groups excluding carboxylic acids is 1. The number of ether oxygens (including phenoxy) is 2. The molecule has 0 aliphatic rings. The van der Waals surface area contributed by atoms with Crippen molar-refractivity contribution in [2.24, 2.45) is 5.92 Å². The van der Waals surface area contributed by atoms with Crippen LogP contribution in [0, 0.1) is 5.92 Å². The summed E-state index contributed by atoms with van der Waals surface area (Å²) in [5, 5.41) is 0. The van der Waals surface area contributed by atoms with Gasteiger partial charge in [0.2, 0.25) is 0 Å².